The molecular formula is C19H19FN4O2S. The Kier molecular flexibility index (Phi) is 5.15. The minimum Gasteiger partial charge on any atom is -0.420 e. The third-order valence-electron chi connectivity index (χ3n) is 4.58. The van der Waals surface area contributed by atoms with Gasteiger partial charge >= 0.3 is 6.03 Å². The molecule has 1 N–H and O–H groups in total. The molecule has 8 heteroatoms. The summed E-state index contributed by atoms with van der Waals surface area (Å²) in [5.74, 6) is 0.581. The Morgan fingerprint density at radius 2 is 2.15 bits per heavy atom. The Hall–Kier alpha value is -2.74. The van der Waals surface area contributed by atoms with Gasteiger partial charge in [0.15, 0.2) is 0 Å². The molecule has 3 heterocycles. The Bertz CT molecular complexity index is 895. The maximum atomic E-state index is 13.1. The van der Waals surface area contributed by atoms with Crippen LogP contribution in [0.25, 0.3) is 11.5 Å². The molecule has 1 aliphatic rings. The lowest BCUT2D eigenvalue weighted by atomic mass is 9.98. The van der Waals surface area contributed by atoms with E-state index in [0.29, 0.717) is 37.0 Å². The number of hydrogen-bond donors (Lipinski definition) is 1. The van der Waals surface area contributed by atoms with Gasteiger partial charge in [-0.05, 0) is 48.6 Å². The van der Waals surface area contributed by atoms with Gasteiger partial charge < -0.3 is 14.6 Å². The van der Waals surface area contributed by atoms with E-state index in [1.165, 1.54) is 12.1 Å². The molecule has 2 amide bonds. The van der Waals surface area contributed by atoms with Crippen LogP contribution in [0, 0.1) is 5.82 Å². The molecule has 4 rings (SSSR count). The van der Waals surface area contributed by atoms with Crippen LogP contribution >= 0.6 is 11.3 Å². The Morgan fingerprint density at radius 3 is 2.93 bits per heavy atom. The van der Waals surface area contributed by atoms with Crippen LogP contribution in [0.1, 0.15) is 29.5 Å². The third-order valence-corrected chi connectivity index (χ3v) is 5.46. The number of carbonyl (C=O) groups is 1. The standard InChI is InChI=1S/C19H19FN4O2S/c20-15-7-5-13(6-8-15)17-22-23-18(26-17)14-3-1-9-24(12-14)19(25)21-11-16-4-2-10-27-16/h2,4-8,10,14H,1,3,9,11-12H2,(H,21,25). The van der Waals surface area contributed by atoms with E-state index in [1.54, 1.807) is 28.4 Å². The van der Waals surface area contributed by atoms with Crippen molar-refractivity contribution in [1.29, 1.82) is 0 Å². The largest absolute Gasteiger partial charge is 0.420 e. The molecule has 1 atom stereocenters. The van der Waals surface area contributed by atoms with Crippen LogP contribution in [0.5, 0.6) is 0 Å². The number of hydrogen-bond acceptors (Lipinski definition) is 5. The molecule has 0 bridgehead atoms. The van der Waals surface area contributed by atoms with Gasteiger partial charge in [-0.1, -0.05) is 6.07 Å². The van der Waals surface area contributed by atoms with Gasteiger partial charge in [0, 0.05) is 23.5 Å². The van der Waals surface area contributed by atoms with E-state index < -0.39 is 0 Å². The molecule has 0 radical (unpaired) electrons. The van der Waals surface area contributed by atoms with Crippen LogP contribution < -0.4 is 5.32 Å². The first-order chi connectivity index (χ1) is 13.2. The first-order valence-electron chi connectivity index (χ1n) is 8.83. The average Bonchev–Trinajstić information content (AvgIpc) is 3.39. The van der Waals surface area contributed by atoms with Crippen LogP contribution in [0.3, 0.4) is 0 Å². The Labute approximate surface area is 160 Å². The SMILES string of the molecule is O=C(NCc1cccs1)N1CCCC(c2nnc(-c3ccc(F)cc3)o2)C1. The zero-order chi connectivity index (χ0) is 18.6. The lowest BCUT2D eigenvalue weighted by molar-refractivity contribution is 0.174. The summed E-state index contributed by atoms with van der Waals surface area (Å²) in [6.45, 7) is 1.79. The van der Waals surface area contributed by atoms with Crippen molar-refractivity contribution in [2.45, 2.75) is 25.3 Å². The van der Waals surface area contributed by atoms with E-state index in [2.05, 4.69) is 15.5 Å². The molecule has 27 heavy (non-hydrogen) atoms. The molecule has 0 saturated carbocycles. The fourth-order valence-corrected chi connectivity index (χ4v) is 3.80. The lowest BCUT2D eigenvalue weighted by Gasteiger charge is -2.31. The number of urea groups is 1. The van der Waals surface area contributed by atoms with Crippen LogP contribution in [0.4, 0.5) is 9.18 Å². The molecule has 1 unspecified atom stereocenters. The summed E-state index contributed by atoms with van der Waals surface area (Å²) in [6.07, 6.45) is 1.77. The number of carbonyl (C=O) groups excluding carboxylic acids is 1. The number of thiophene rings is 1. The number of rotatable bonds is 4. The predicted molar refractivity (Wildman–Crippen MR) is 99.8 cm³/mol. The van der Waals surface area contributed by atoms with Crippen molar-refractivity contribution in [3.63, 3.8) is 0 Å². The fraction of sp³-hybridized carbons (Fsp3) is 0.316. The summed E-state index contributed by atoms with van der Waals surface area (Å²) in [7, 11) is 0. The number of aromatic nitrogens is 2. The third kappa shape index (κ3) is 4.16. The van der Waals surface area contributed by atoms with Gasteiger partial charge in [-0.25, -0.2) is 9.18 Å². The van der Waals surface area contributed by atoms with E-state index in [-0.39, 0.29) is 17.8 Å². The minimum atomic E-state index is -0.310. The predicted octanol–water partition coefficient (Wildman–Crippen LogP) is 4.03. The van der Waals surface area contributed by atoms with Gasteiger partial charge in [0.25, 0.3) is 0 Å². The number of benzene rings is 1. The number of amides is 2. The summed E-state index contributed by atoms with van der Waals surface area (Å²) < 4.78 is 18.9. The van der Waals surface area contributed by atoms with Crippen molar-refractivity contribution in [1.82, 2.24) is 20.4 Å². The van der Waals surface area contributed by atoms with E-state index >= 15 is 0 Å². The number of nitrogens with one attached hydrogen (secondary N) is 1. The van der Waals surface area contributed by atoms with Crippen molar-refractivity contribution in [2.24, 2.45) is 0 Å². The maximum absolute atomic E-state index is 13.1. The number of halogens is 1. The van der Waals surface area contributed by atoms with Crippen molar-refractivity contribution in [2.75, 3.05) is 13.1 Å². The molecule has 1 aromatic carbocycles. The van der Waals surface area contributed by atoms with Crippen molar-refractivity contribution in [3.8, 4) is 11.5 Å². The van der Waals surface area contributed by atoms with Gasteiger partial charge in [0.1, 0.15) is 5.82 Å². The van der Waals surface area contributed by atoms with E-state index in [1.807, 2.05) is 17.5 Å². The highest BCUT2D eigenvalue weighted by Crippen LogP contribution is 2.28. The highest BCUT2D eigenvalue weighted by Gasteiger charge is 2.28. The molecule has 0 spiro atoms. The molecule has 2 aromatic heterocycles. The molecular weight excluding hydrogens is 367 g/mol. The Balaban J connectivity index is 1.39. The normalized spacial score (nSPS) is 17.1. The minimum absolute atomic E-state index is 0.00735. The summed E-state index contributed by atoms with van der Waals surface area (Å²) in [6, 6.07) is 9.83. The number of piperidine rings is 1. The molecule has 140 valence electrons. The highest BCUT2D eigenvalue weighted by atomic mass is 32.1. The van der Waals surface area contributed by atoms with Gasteiger partial charge in [-0.15, -0.1) is 21.5 Å². The average molecular weight is 386 g/mol. The number of likely N-dealkylation sites (tertiary alicyclic amines) is 1. The number of nitrogens with zero attached hydrogens (tertiary/aromatic N) is 3. The van der Waals surface area contributed by atoms with Crippen molar-refractivity contribution >= 4 is 17.4 Å². The summed E-state index contributed by atoms with van der Waals surface area (Å²) in [5.41, 5.74) is 0.677. The lowest BCUT2D eigenvalue weighted by Crippen LogP contribution is -2.44. The molecule has 6 nitrogen and oxygen atoms in total. The highest BCUT2D eigenvalue weighted by molar-refractivity contribution is 7.09. The van der Waals surface area contributed by atoms with Crippen LogP contribution in [0.2, 0.25) is 0 Å². The first kappa shape index (κ1) is 17.7. The second kappa shape index (κ2) is 7.87. The van der Waals surface area contributed by atoms with E-state index in [0.717, 1.165) is 17.7 Å². The maximum Gasteiger partial charge on any atom is 0.317 e. The van der Waals surface area contributed by atoms with Gasteiger partial charge in [0.05, 0.1) is 12.5 Å². The zero-order valence-corrected chi connectivity index (χ0v) is 15.4. The van der Waals surface area contributed by atoms with Crippen LogP contribution in [-0.2, 0) is 6.54 Å². The van der Waals surface area contributed by atoms with Gasteiger partial charge in [-0.3, -0.25) is 0 Å². The van der Waals surface area contributed by atoms with Gasteiger partial charge in [0.2, 0.25) is 11.8 Å². The summed E-state index contributed by atoms with van der Waals surface area (Å²) in [4.78, 5) is 15.4. The molecule has 3 aromatic rings. The van der Waals surface area contributed by atoms with Crippen molar-refractivity contribution < 1.29 is 13.6 Å². The second-order valence-corrected chi connectivity index (χ2v) is 7.51. The molecule has 1 fully saturated rings. The topological polar surface area (TPSA) is 71.3 Å². The molecule has 1 aliphatic heterocycles. The summed E-state index contributed by atoms with van der Waals surface area (Å²) >= 11 is 1.62. The van der Waals surface area contributed by atoms with Gasteiger partial charge in [-0.2, -0.15) is 0 Å². The second-order valence-electron chi connectivity index (χ2n) is 6.48. The fourth-order valence-electron chi connectivity index (χ4n) is 3.16. The zero-order valence-electron chi connectivity index (χ0n) is 14.6. The van der Waals surface area contributed by atoms with E-state index in [9.17, 15) is 9.18 Å². The summed E-state index contributed by atoms with van der Waals surface area (Å²) in [5, 5.41) is 13.2. The smallest absolute Gasteiger partial charge is 0.317 e. The van der Waals surface area contributed by atoms with E-state index in [4.69, 9.17) is 4.42 Å². The monoisotopic (exact) mass is 386 g/mol. The van der Waals surface area contributed by atoms with Crippen molar-refractivity contribution in [3.05, 3.63) is 58.4 Å². The first-order valence-corrected chi connectivity index (χ1v) is 9.71. The van der Waals surface area contributed by atoms with Crippen LogP contribution in [0.15, 0.2) is 46.2 Å². The molecule has 0 aliphatic carbocycles. The molecule has 1 saturated heterocycles. The quantitative estimate of drug-likeness (QED) is 0.735. The Morgan fingerprint density at radius 1 is 1.30 bits per heavy atom. The van der Waals surface area contributed by atoms with Crippen LogP contribution in [-0.4, -0.2) is 34.2 Å².